The molecule has 0 heterocycles. The van der Waals surface area contributed by atoms with Crippen molar-refractivity contribution in [3.63, 3.8) is 0 Å². The molecule has 1 aromatic carbocycles. The molecular formula is C9H8N2O3-2. The zero-order chi connectivity index (χ0) is 11.2. The Morgan fingerprint density at radius 3 is 1.64 bits per heavy atom. The molecule has 0 amide bonds. The Balaban J connectivity index is 0. The molecule has 0 saturated heterocycles. The van der Waals surface area contributed by atoms with Gasteiger partial charge in [0.25, 0.3) is 0 Å². The molecule has 74 valence electrons. The second kappa shape index (κ2) is 13.5. The summed E-state index contributed by atoms with van der Waals surface area (Å²) >= 11 is 0. The molecular weight excluding hydrogens is 184 g/mol. The van der Waals surface area contributed by atoms with Gasteiger partial charge in [0, 0.05) is 0 Å². The summed E-state index contributed by atoms with van der Waals surface area (Å²) in [6.07, 6.45) is 1.00. The predicted molar refractivity (Wildman–Crippen MR) is 50.5 cm³/mol. The lowest BCUT2D eigenvalue weighted by Crippen LogP contribution is -1.77. The van der Waals surface area contributed by atoms with E-state index < -0.39 is 0 Å². The minimum Gasteiger partial charge on any atom is -0.724 e. The molecule has 0 aromatic heterocycles. The summed E-state index contributed by atoms with van der Waals surface area (Å²) in [5.74, 6) is 0. The number of rotatable bonds is 1. The first-order valence-electron chi connectivity index (χ1n) is 3.44. The van der Waals surface area contributed by atoms with Crippen molar-refractivity contribution >= 4 is 12.2 Å². The highest BCUT2D eigenvalue weighted by molar-refractivity contribution is 5.37. The summed E-state index contributed by atoms with van der Waals surface area (Å²) in [7, 11) is 0. The largest absolute Gasteiger partial charge is 0.724 e. The van der Waals surface area contributed by atoms with Crippen molar-refractivity contribution in [1.82, 2.24) is 0 Å². The summed E-state index contributed by atoms with van der Waals surface area (Å²) in [5.41, 5.74) is 0.965. The van der Waals surface area contributed by atoms with E-state index in [1.165, 1.54) is 0 Å². The van der Waals surface area contributed by atoms with Crippen molar-refractivity contribution in [3.8, 4) is 0 Å². The van der Waals surface area contributed by atoms with Gasteiger partial charge in [-0.2, -0.15) is 0 Å². The minimum absolute atomic E-state index is 0.140. The van der Waals surface area contributed by atoms with Gasteiger partial charge in [-0.15, -0.1) is 0 Å². The number of carbonyl (C=O) groups excluding carboxylic acids is 2. The third-order valence-electron chi connectivity index (χ3n) is 1.03. The Kier molecular flexibility index (Phi) is 14.0. The number of nitrogens with zero attached hydrogens (tertiary/aromatic N) is 2. The third kappa shape index (κ3) is 12.6. The first-order valence-corrected chi connectivity index (χ1v) is 3.44. The van der Waals surface area contributed by atoms with Gasteiger partial charge < -0.3 is 15.9 Å². The van der Waals surface area contributed by atoms with Crippen LogP contribution in [0.25, 0.3) is 10.8 Å². The first kappa shape index (κ1) is 14.5. The monoisotopic (exact) mass is 192 g/mol. The Morgan fingerprint density at radius 1 is 1.07 bits per heavy atom. The second-order valence-electron chi connectivity index (χ2n) is 1.83. The third-order valence-corrected chi connectivity index (χ3v) is 1.03. The quantitative estimate of drug-likeness (QED) is 0.529. The number of aliphatic hydroxyl groups is 1. The van der Waals surface area contributed by atoms with E-state index >= 15 is 0 Å². The van der Waals surface area contributed by atoms with Crippen molar-refractivity contribution in [2.24, 2.45) is 0 Å². The molecule has 1 N–H and O–H groups in total. The first-order chi connectivity index (χ1) is 6.76. The van der Waals surface area contributed by atoms with Gasteiger partial charge in [0.2, 0.25) is 0 Å². The highest BCUT2D eigenvalue weighted by atomic mass is 16.3. The number of hydrogen-bond donors (Lipinski definition) is 1. The molecule has 1 aromatic rings. The summed E-state index contributed by atoms with van der Waals surface area (Å²) in [6, 6.07) is 9.52. The summed E-state index contributed by atoms with van der Waals surface area (Å²) in [5, 5.41) is 22.1. The number of isocyanates is 2. The van der Waals surface area contributed by atoms with Gasteiger partial charge in [-0.05, 0) is 17.7 Å². The van der Waals surface area contributed by atoms with Gasteiger partial charge in [-0.1, -0.05) is 30.3 Å². The highest BCUT2D eigenvalue weighted by Gasteiger charge is 1.81. The van der Waals surface area contributed by atoms with Crippen LogP contribution in [0.5, 0.6) is 0 Å². The number of aliphatic hydroxyl groups excluding tert-OH is 1. The highest BCUT2D eigenvalue weighted by Crippen LogP contribution is 1.95. The average molecular weight is 192 g/mol. The molecule has 14 heavy (non-hydrogen) atoms. The van der Waals surface area contributed by atoms with Crippen LogP contribution >= 0.6 is 0 Å². The zero-order valence-corrected chi connectivity index (χ0v) is 7.25. The Hall–Kier alpha value is -2.06. The summed E-state index contributed by atoms with van der Waals surface area (Å²) in [6.45, 7) is 0.140. The Morgan fingerprint density at radius 2 is 1.43 bits per heavy atom. The normalized spacial score (nSPS) is 6.36. The van der Waals surface area contributed by atoms with E-state index in [1.807, 2.05) is 30.3 Å². The topological polar surface area (TPSA) is 99.0 Å². The fourth-order valence-corrected chi connectivity index (χ4v) is 0.583. The number of hydrogen-bond acceptors (Lipinski definition) is 3. The molecule has 0 aliphatic carbocycles. The standard InChI is InChI=1S/C7H8O.2CNO/c8-6-7-4-2-1-3-5-7;2*2-1-3/h1-5,8H,6H2;;/q;2*-1. The molecule has 0 saturated carbocycles. The van der Waals surface area contributed by atoms with Crippen LogP contribution in [0.1, 0.15) is 5.56 Å². The maximum atomic E-state index is 8.54. The Labute approximate surface area is 81.0 Å². The Bertz CT molecular complexity index is 274. The van der Waals surface area contributed by atoms with Gasteiger partial charge in [0.1, 0.15) is 0 Å². The van der Waals surface area contributed by atoms with Crippen molar-refractivity contribution in [1.29, 1.82) is 0 Å². The van der Waals surface area contributed by atoms with E-state index in [-0.39, 0.29) is 6.61 Å². The maximum absolute atomic E-state index is 8.54. The fourth-order valence-electron chi connectivity index (χ4n) is 0.583. The second-order valence-corrected chi connectivity index (χ2v) is 1.83. The molecule has 0 aliphatic heterocycles. The molecule has 1 rings (SSSR count). The summed E-state index contributed by atoms with van der Waals surface area (Å²) < 4.78 is 0. The molecule has 0 spiro atoms. The molecule has 0 atom stereocenters. The molecule has 0 fully saturated rings. The fraction of sp³-hybridized carbons (Fsp3) is 0.111. The molecule has 0 bridgehead atoms. The minimum atomic E-state index is 0.140. The molecule has 5 heteroatoms. The van der Waals surface area contributed by atoms with Crippen LogP contribution in [0.4, 0.5) is 0 Å². The lowest BCUT2D eigenvalue weighted by molar-refractivity contribution is 0.282. The lowest BCUT2D eigenvalue weighted by Gasteiger charge is -1.89. The van der Waals surface area contributed by atoms with Crippen LogP contribution in [0.2, 0.25) is 0 Å². The smallest absolute Gasteiger partial charge is 0.0681 e. The van der Waals surface area contributed by atoms with E-state index in [9.17, 15) is 0 Å². The van der Waals surface area contributed by atoms with Crippen LogP contribution in [-0.2, 0) is 16.2 Å². The van der Waals surface area contributed by atoms with Crippen LogP contribution < -0.4 is 0 Å². The van der Waals surface area contributed by atoms with Crippen LogP contribution in [0.15, 0.2) is 30.3 Å². The van der Waals surface area contributed by atoms with Gasteiger partial charge in [-0.25, -0.2) is 0 Å². The van der Waals surface area contributed by atoms with Crippen LogP contribution in [0, 0.1) is 0 Å². The van der Waals surface area contributed by atoms with Crippen molar-refractivity contribution in [2.45, 2.75) is 6.61 Å². The van der Waals surface area contributed by atoms with E-state index in [0.717, 1.165) is 5.56 Å². The SMILES string of the molecule is OCc1ccccc1.[N-]=C=O.[N-]=C=O. The van der Waals surface area contributed by atoms with E-state index in [2.05, 4.69) is 0 Å². The van der Waals surface area contributed by atoms with Crippen molar-refractivity contribution in [3.05, 3.63) is 46.7 Å². The van der Waals surface area contributed by atoms with Crippen LogP contribution in [0.3, 0.4) is 0 Å². The van der Waals surface area contributed by atoms with Gasteiger partial charge in [-0.3, -0.25) is 9.59 Å². The zero-order valence-electron chi connectivity index (χ0n) is 7.25. The predicted octanol–water partition coefficient (Wildman–Crippen LogP) is 0.962. The van der Waals surface area contributed by atoms with Gasteiger partial charge in [0.05, 0.1) is 6.61 Å². The molecule has 0 radical (unpaired) electrons. The van der Waals surface area contributed by atoms with E-state index in [0.29, 0.717) is 12.2 Å². The number of benzene rings is 1. The maximum Gasteiger partial charge on any atom is 0.0681 e. The van der Waals surface area contributed by atoms with Crippen LogP contribution in [-0.4, -0.2) is 17.3 Å². The van der Waals surface area contributed by atoms with E-state index in [1.54, 1.807) is 0 Å². The molecule has 0 aliphatic rings. The molecule has 0 unspecified atom stereocenters. The van der Waals surface area contributed by atoms with Gasteiger partial charge >= 0.3 is 0 Å². The van der Waals surface area contributed by atoms with Gasteiger partial charge in [0.15, 0.2) is 0 Å². The van der Waals surface area contributed by atoms with E-state index in [4.69, 9.17) is 25.5 Å². The molecule has 5 nitrogen and oxygen atoms in total. The summed E-state index contributed by atoms with van der Waals surface area (Å²) in [4.78, 5) is 16.5. The van der Waals surface area contributed by atoms with Crippen molar-refractivity contribution in [2.75, 3.05) is 0 Å². The van der Waals surface area contributed by atoms with Crippen molar-refractivity contribution < 1.29 is 14.7 Å². The lowest BCUT2D eigenvalue weighted by atomic mass is 10.2. The average Bonchev–Trinajstić information content (AvgIpc) is 2.21.